The maximum Gasteiger partial charge on any atom is 0.0724 e. The van der Waals surface area contributed by atoms with Crippen molar-refractivity contribution in [3.63, 3.8) is 0 Å². The van der Waals surface area contributed by atoms with Gasteiger partial charge < -0.3 is 15.0 Å². The summed E-state index contributed by atoms with van der Waals surface area (Å²) in [6.45, 7) is 6.12. The van der Waals surface area contributed by atoms with Crippen LogP contribution in [0.4, 0.5) is 0 Å². The SMILES string of the molecule is COC1CCCCC1NC(C)CN1CCCCC1. The summed E-state index contributed by atoms with van der Waals surface area (Å²) in [6, 6.07) is 1.16. The summed E-state index contributed by atoms with van der Waals surface area (Å²) in [6.07, 6.45) is 9.82. The van der Waals surface area contributed by atoms with Crippen molar-refractivity contribution < 1.29 is 4.74 Å². The summed E-state index contributed by atoms with van der Waals surface area (Å²) in [5.41, 5.74) is 0. The standard InChI is InChI=1S/C15H30N2O/c1-13(12-17-10-6-3-7-11-17)16-14-8-4-5-9-15(14)18-2/h13-16H,3-12H2,1-2H3. The molecule has 18 heavy (non-hydrogen) atoms. The zero-order valence-electron chi connectivity index (χ0n) is 12.2. The average molecular weight is 254 g/mol. The van der Waals surface area contributed by atoms with Gasteiger partial charge >= 0.3 is 0 Å². The van der Waals surface area contributed by atoms with Crippen molar-refractivity contribution in [3.05, 3.63) is 0 Å². The minimum atomic E-state index is 0.433. The topological polar surface area (TPSA) is 24.5 Å². The molecular weight excluding hydrogens is 224 g/mol. The molecular formula is C15H30N2O. The number of ether oxygens (including phenoxy) is 1. The number of nitrogens with zero attached hydrogens (tertiary/aromatic N) is 1. The second-order valence-electron chi connectivity index (χ2n) is 6.09. The molecule has 3 unspecified atom stereocenters. The molecule has 2 fully saturated rings. The highest BCUT2D eigenvalue weighted by Gasteiger charge is 2.26. The molecule has 3 nitrogen and oxygen atoms in total. The number of likely N-dealkylation sites (tertiary alicyclic amines) is 1. The zero-order valence-corrected chi connectivity index (χ0v) is 12.2. The Bertz CT molecular complexity index is 229. The summed E-state index contributed by atoms with van der Waals surface area (Å²) in [5, 5.41) is 3.80. The quantitative estimate of drug-likeness (QED) is 0.815. The first-order valence-corrected chi connectivity index (χ1v) is 7.81. The normalized spacial score (nSPS) is 32.3. The van der Waals surface area contributed by atoms with E-state index in [1.807, 2.05) is 7.11 Å². The lowest BCUT2D eigenvalue weighted by molar-refractivity contribution is 0.0362. The third-order valence-corrected chi connectivity index (χ3v) is 4.48. The molecule has 1 heterocycles. The molecule has 2 aliphatic rings. The molecule has 1 N–H and O–H groups in total. The van der Waals surface area contributed by atoms with Crippen LogP contribution >= 0.6 is 0 Å². The van der Waals surface area contributed by atoms with E-state index in [9.17, 15) is 0 Å². The summed E-state index contributed by atoms with van der Waals surface area (Å²) < 4.78 is 5.62. The first kappa shape index (κ1) is 14.3. The van der Waals surface area contributed by atoms with Crippen molar-refractivity contribution in [1.29, 1.82) is 0 Å². The van der Waals surface area contributed by atoms with Crippen molar-refractivity contribution >= 4 is 0 Å². The number of nitrogens with one attached hydrogen (secondary N) is 1. The number of piperidine rings is 1. The highest BCUT2D eigenvalue weighted by molar-refractivity contribution is 4.84. The van der Waals surface area contributed by atoms with Gasteiger partial charge in [0.25, 0.3) is 0 Å². The van der Waals surface area contributed by atoms with Crippen LogP contribution in [0.3, 0.4) is 0 Å². The molecule has 0 aromatic rings. The third-order valence-electron chi connectivity index (χ3n) is 4.48. The lowest BCUT2D eigenvalue weighted by Gasteiger charge is -2.35. The van der Waals surface area contributed by atoms with Gasteiger partial charge in [0.05, 0.1) is 6.10 Å². The van der Waals surface area contributed by atoms with Crippen molar-refractivity contribution in [3.8, 4) is 0 Å². The summed E-state index contributed by atoms with van der Waals surface area (Å²) in [4.78, 5) is 2.62. The van der Waals surface area contributed by atoms with Gasteiger partial charge in [0.15, 0.2) is 0 Å². The third kappa shape index (κ3) is 4.22. The van der Waals surface area contributed by atoms with E-state index in [2.05, 4.69) is 17.1 Å². The van der Waals surface area contributed by atoms with Gasteiger partial charge in [0.1, 0.15) is 0 Å². The number of hydrogen-bond donors (Lipinski definition) is 1. The molecule has 1 aliphatic heterocycles. The van der Waals surface area contributed by atoms with Gasteiger partial charge in [-0.2, -0.15) is 0 Å². The first-order valence-electron chi connectivity index (χ1n) is 7.81. The monoisotopic (exact) mass is 254 g/mol. The molecule has 1 saturated heterocycles. The van der Waals surface area contributed by atoms with E-state index >= 15 is 0 Å². The Morgan fingerprint density at radius 1 is 1.11 bits per heavy atom. The van der Waals surface area contributed by atoms with Crippen molar-refractivity contribution in [1.82, 2.24) is 10.2 Å². The van der Waals surface area contributed by atoms with E-state index in [-0.39, 0.29) is 0 Å². The highest BCUT2D eigenvalue weighted by Crippen LogP contribution is 2.21. The Hall–Kier alpha value is -0.120. The van der Waals surface area contributed by atoms with Gasteiger partial charge in [0.2, 0.25) is 0 Å². The maximum atomic E-state index is 5.62. The first-order chi connectivity index (χ1) is 8.79. The largest absolute Gasteiger partial charge is 0.380 e. The molecule has 3 heteroatoms. The van der Waals surface area contributed by atoms with E-state index in [0.29, 0.717) is 18.2 Å². The minimum Gasteiger partial charge on any atom is -0.380 e. The van der Waals surface area contributed by atoms with E-state index in [4.69, 9.17) is 4.74 Å². The Balaban J connectivity index is 1.73. The summed E-state index contributed by atoms with van der Waals surface area (Å²) in [5.74, 6) is 0. The number of methoxy groups -OCH3 is 1. The average Bonchev–Trinajstić information content (AvgIpc) is 2.40. The lowest BCUT2D eigenvalue weighted by Crippen LogP contribution is -2.50. The smallest absolute Gasteiger partial charge is 0.0724 e. The fourth-order valence-electron chi connectivity index (χ4n) is 3.52. The second-order valence-corrected chi connectivity index (χ2v) is 6.09. The summed E-state index contributed by atoms with van der Waals surface area (Å²) in [7, 11) is 1.86. The van der Waals surface area contributed by atoms with Gasteiger partial charge in [-0.15, -0.1) is 0 Å². The predicted molar refractivity (Wildman–Crippen MR) is 75.9 cm³/mol. The molecule has 3 atom stereocenters. The summed E-state index contributed by atoms with van der Waals surface area (Å²) >= 11 is 0. The molecule has 2 rings (SSSR count). The van der Waals surface area contributed by atoms with Crippen LogP contribution in [-0.4, -0.2) is 49.8 Å². The molecule has 106 valence electrons. The molecule has 1 saturated carbocycles. The van der Waals surface area contributed by atoms with Gasteiger partial charge in [-0.25, -0.2) is 0 Å². The molecule has 0 aromatic heterocycles. The fourth-order valence-corrected chi connectivity index (χ4v) is 3.52. The van der Waals surface area contributed by atoms with Crippen LogP contribution in [0.5, 0.6) is 0 Å². The van der Waals surface area contributed by atoms with Crippen LogP contribution in [0.25, 0.3) is 0 Å². The molecule has 0 amide bonds. The Labute approximate surface area is 112 Å². The van der Waals surface area contributed by atoms with Crippen LogP contribution < -0.4 is 5.32 Å². The van der Waals surface area contributed by atoms with Gasteiger partial charge in [-0.1, -0.05) is 19.3 Å². The van der Waals surface area contributed by atoms with E-state index < -0.39 is 0 Å². The fraction of sp³-hybridized carbons (Fsp3) is 1.00. The second kappa shape index (κ2) is 7.46. The molecule has 0 radical (unpaired) electrons. The molecule has 0 aromatic carbocycles. The number of rotatable bonds is 5. The van der Waals surface area contributed by atoms with Crippen molar-refractivity contribution in [2.45, 2.75) is 70.1 Å². The Kier molecular flexibility index (Phi) is 5.93. The maximum absolute atomic E-state index is 5.62. The van der Waals surface area contributed by atoms with Crippen LogP contribution in [0, 0.1) is 0 Å². The molecule has 1 aliphatic carbocycles. The van der Waals surface area contributed by atoms with Crippen molar-refractivity contribution in [2.75, 3.05) is 26.7 Å². The Morgan fingerprint density at radius 2 is 1.83 bits per heavy atom. The van der Waals surface area contributed by atoms with E-state index in [1.54, 1.807) is 0 Å². The van der Waals surface area contributed by atoms with E-state index in [0.717, 1.165) is 0 Å². The Morgan fingerprint density at radius 3 is 2.56 bits per heavy atom. The van der Waals surface area contributed by atoms with Crippen LogP contribution in [0.2, 0.25) is 0 Å². The van der Waals surface area contributed by atoms with Gasteiger partial charge in [-0.05, 0) is 45.7 Å². The predicted octanol–water partition coefficient (Wildman–Crippen LogP) is 2.41. The lowest BCUT2D eigenvalue weighted by atomic mass is 9.92. The van der Waals surface area contributed by atoms with Crippen LogP contribution in [0.15, 0.2) is 0 Å². The minimum absolute atomic E-state index is 0.433. The number of hydrogen-bond acceptors (Lipinski definition) is 3. The van der Waals surface area contributed by atoms with Gasteiger partial charge in [0, 0.05) is 25.7 Å². The van der Waals surface area contributed by atoms with Crippen LogP contribution in [0.1, 0.15) is 51.9 Å². The molecule has 0 spiro atoms. The van der Waals surface area contributed by atoms with E-state index in [1.165, 1.54) is 64.6 Å². The van der Waals surface area contributed by atoms with Crippen LogP contribution in [-0.2, 0) is 4.74 Å². The van der Waals surface area contributed by atoms with Crippen molar-refractivity contribution in [2.24, 2.45) is 0 Å². The van der Waals surface area contributed by atoms with Gasteiger partial charge in [-0.3, -0.25) is 0 Å². The zero-order chi connectivity index (χ0) is 12.8. The highest BCUT2D eigenvalue weighted by atomic mass is 16.5. The molecule has 0 bridgehead atoms.